The molecule has 5 nitrogen and oxygen atoms in total. The Morgan fingerprint density at radius 3 is 2.57 bits per heavy atom. The molecule has 2 N–H and O–H groups in total. The quantitative estimate of drug-likeness (QED) is 0.688. The molecule has 6 heteroatoms. The van der Waals surface area contributed by atoms with Gasteiger partial charge >= 0.3 is 7.12 Å². The Labute approximate surface area is 121 Å². The summed E-state index contributed by atoms with van der Waals surface area (Å²) in [6.45, 7) is 0.604. The summed E-state index contributed by atoms with van der Waals surface area (Å²) in [7, 11) is -1.45. The SMILES string of the molecule is N#Cc1ccc2ncn(Cc3ccc(B(O)O)cc3)c2c1. The minimum absolute atomic E-state index is 0.459. The summed E-state index contributed by atoms with van der Waals surface area (Å²) in [5.41, 5.74) is 3.82. The van der Waals surface area contributed by atoms with E-state index >= 15 is 0 Å². The zero-order valence-electron chi connectivity index (χ0n) is 11.1. The second-order valence-corrected chi connectivity index (χ2v) is 4.80. The summed E-state index contributed by atoms with van der Waals surface area (Å²) >= 11 is 0. The first-order valence-corrected chi connectivity index (χ1v) is 6.47. The van der Waals surface area contributed by atoms with Gasteiger partial charge in [0.25, 0.3) is 0 Å². The fourth-order valence-corrected chi connectivity index (χ4v) is 2.24. The van der Waals surface area contributed by atoms with Crippen molar-refractivity contribution in [2.24, 2.45) is 0 Å². The standard InChI is InChI=1S/C15H12BN3O2/c17-8-12-3-6-14-15(7-12)19(10-18-14)9-11-1-4-13(5-2-11)16(20)21/h1-7,10,20-21H,9H2. The molecule has 0 atom stereocenters. The first kappa shape index (κ1) is 13.4. The molecule has 0 saturated carbocycles. The summed E-state index contributed by atoms with van der Waals surface area (Å²) < 4.78 is 1.96. The van der Waals surface area contributed by atoms with Gasteiger partial charge in [0.05, 0.1) is 29.0 Å². The molecule has 0 aliphatic rings. The molecule has 1 heterocycles. The molecular formula is C15H12BN3O2. The van der Waals surface area contributed by atoms with Crippen LogP contribution in [-0.4, -0.2) is 26.7 Å². The molecule has 1 aromatic heterocycles. The summed E-state index contributed by atoms with van der Waals surface area (Å²) in [6.07, 6.45) is 1.74. The lowest BCUT2D eigenvalue weighted by Crippen LogP contribution is -2.29. The molecule has 0 radical (unpaired) electrons. The Hall–Kier alpha value is -2.62. The van der Waals surface area contributed by atoms with E-state index in [0.717, 1.165) is 16.6 Å². The highest BCUT2D eigenvalue weighted by molar-refractivity contribution is 6.58. The van der Waals surface area contributed by atoms with Crippen LogP contribution in [0.3, 0.4) is 0 Å². The molecule has 3 aromatic rings. The Morgan fingerprint density at radius 2 is 1.90 bits per heavy atom. The van der Waals surface area contributed by atoms with Gasteiger partial charge in [-0.15, -0.1) is 0 Å². The van der Waals surface area contributed by atoms with E-state index in [2.05, 4.69) is 11.1 Å². The number of nitriles is 1. The molecule has 0 aliphatic carbocycles. The van der Waals surface area contributed by atoms with E-state index in [1.165, 1.54) is 0 Å². The third-order valence-electron chi connectivity index (χ3n) is 3.38. The number of aromatic nitrogens is 2. The molecule has 21 heavy (non-hydrogen) atoms. The summed E-state index contributed by atoms with van der Waals surface area (Å²) in [4.78, 5) is 4.31. The minimum atomic E-state index is -1.45. The minimum Gasteiger partial charge on any atom is -0.423 e. The molecule has 0 bridgehead atoms. The number of fused-ring (bicyclic) bond motifs is 1. The smallest absolute Gasteiger partial charge is 0.423 e. The monoisotopic (exact) mass is 277 g/mol. The highest BCUT2D eigenvalue weighted by Crippen LogP contribution is 2.16. The van der Waals surface area contributed by atoms with E-state index in [4.69, 9.17) is 15.3 Å². The maximum Gasteiger partial charge on any atom is 0.488 e. The summed E-state index contributed by atoms with van der Waals surface area (Å²) in [5.74, 6) is 0. The van der Waals surface area contributed by atoms with Crippen molar-refractivity contribution in [2.45, 2.75) is 6.54 Å². The molecular weight excluding hydrogens is 265 g/mol. The van der Waals surface area contributed by atoms with Gasteiger partial charge in [-0.25, -0.2) is 4.98 Å². The highest BCUT2D eigenvalue weighted by Gasteiger charge is 2.10. The van der Waals surface area contributed by atoms with Crippen molar-refractivity contribution in [1.29, 1.82) is 5.26 Å². The fraction of sp³-hybridized carbons (Fsp3) is 0.0667. The predicted octanol–water partition coefficient (Wildman–Crippen LogP) is 0.636. The van der Waals surface area contributed by atoms with Crippen molar-refractivity contribution >= 4 is 23.6 Å². The maximum atomic E-state index is 9.08. The van der Waals surface area contributed by atoms with Crippen LogP contribution in [0.4, 0.5) is 0 Å². The van der Waals surface area contributed by atoms with Crippen molar-refractivity contribution in [3.8, 4) is 6.07 Å². The third kappa shape index (κ3) is 2.65. The van der Waals surface area contributed by atoms with E-state index in [0.29, 0.717) is 17.6 Å². The molecule has 0 amide bonds. The van der Waals surface area contributed by atoms with Crippen molar-refractivity contribution in [3.05, 3.63) is 59.9 Å². The van der Waals surface area contributed by atoms with Gasteiger partial charge in [-0.3, -0.25) is 0 Å². The average Bonchev–Trinajstić information content (AvgIpc) is 2.90. The maximum absolute atomic E-state index is 9.08. The molecule has 3 rings (SSSR count). The lowest BCUT2D eigenvalue weighted by molar-refractivity contribution is 0.426. The number of hydrogen-bond donors (Lipinski definition) is 2. The van der Waals surface area contributed by atoms with Gasteiger partial charge in [-0.1, -0.05) is 24.3 Å². The third-order valence-corrected chi connectivity index (χ3v) is 3.38. The second-order valence-electron chi connectivity index (χ2n) is 4.80. The second kappa shape index (κ2) is 5.41. The van der Waals surface area contributed by atoms with Gasteiger partial charge in [0, 0.05) is 6.54 Å². The van der Waals surface area contributed by atoms with E-state index in [-0.39, 0.29) is 0 Å². The van der Waals surface area contributed by atoms with Crippen LogP contribution in [0, 0.1) is 11.3 Å². The summed E-state index contributed by atoms with van der Waals surface area (Å²) in [6, 6.07) is 14.6. The van der Waals surface area contributed by atoms with E-state index in [1.54, 1.807) is 24.5 Å². The fourth-order valence-electron chi connectivity index (χ4n) is 2.24. The van der Waals surface area contributed by atoms with E-state index in [1.807, 2.05) is 28.8 Å². The number of benzene rings is 2. The number of hydrogen-bond acceptors (Lipinski definition) is 4. The van der Waals surface area contributed by atoms with Gasteiger partial charge in [0.15, 0.2) is 0 Å². The van der Waals surface area contributed by atoms with Crippen LogP contribution >= 0.6 is 0 Å². The molecule has 0 saturated heterocycles. The molecule has 0 aliphatic heterocycles. The van der Waals surface area contributed by atoms with Crippen LogP contribution in [0.2, 0.25) is 0 Å². The van der Waals surface area contributed by atoms with Crippen LogP contribution < -0.4 is 5.46 Å². The zero-order chi connectivity index (χ0) is 14.8. The number of rotatable bonds is 3. The number of nitrogens with zero attached hydrogens (tertiary/aromatic N) is 3. The topological polar surface area (TPSA) is 82.1 Å². The normalized spacial score (nSPS) is 10.5. The van der Waals surface area contributed by atoms with Crippen molar-refractivity contribution in [3.63, 3.8) is 0 Å². The van der Waals surface area contributed by atoms with Crippen LogP contribution in [0.25, 0.3) is 11.0 Å². The van der Waals surface area contributed by atoms with Crippen molar-refractivity contribution in [2.75, 3.05) is 0 Å². The molecule has 2 aromatic carbocycles. The highest BCUT2D eigenvalue weighted by atomic mass is 16.4. The molecule has 0 fully saturated rings. The lowest BCUT2D eigenvalue weighted by Gasteiger charge is -2.06. The van der Waals surface area contributed by atoms with Gasteiger partial charge in [0.1, 0.15) is 0 Å². The molecule has 0 unspecified atom stereocenters. The average molecular weight is 277 g/mol. The number of imidazole rings is 1. The Kier molecular flexibility index (Phi) is 3.44. The van der Waals surface area contributed by atoms with Crippen LogP contribution in [-0.2, 0) is 6.54 Å². The van der Waals surface area contributed by atoms with Crippen molar-refractivity contribution < 1.29 is 10.0 Å². The van der Waals surface area contributed by atoms with Gasteiger partial charge in [-0.2, -0.15) is 5.26 Å². The Bertz CT molecular complexity index is 819. The Balaban J connectivity index is 1.92. The van der Waals surface area contributed by atoms with Gasteiger partial charge in [-0.05, 0) is 29.2 Å². The van der Waals surface area contributed by atoms with Crippen molar-refractivity contribution in [1.82, 2.24) is 9.55 Å². The van der Waals surface area contributed by atoms with E-state index < -0.39 is 7.12 Å². The van der Waals surface area contributed by atoms with Crippen LogP contribution in [0.1, 0.15) is 11.1 Å². The lowest BCUT2D eigenvalue weighted by atomic mass is 9.80. The molecule has 0 spiro atoms. The van der Waals surface area contributed by atoms with Crippen LogP contribution in [0.15, 0.2) is 48.8 Å². The largest absolute Gasteiger partial charge is 0.488 e. The molecule has 102 valence electrons. The van der Waals surface area contributed by atoms with Crippen LogP contribution in [0.5, 0.6) is 0 Å². The summed E-state index contributed by atoms with van der Waals surface area (Å²) in [5, 5.41) is 27.1. The van der Waals surface area contributed by atoms with E-state index in [9.17, 15) is 0 Å². The predicted molar refractivity (Wildman–Crippen MR) is 79.8 cm³/mol. The first-order chi connectivity index (χ1) is 10.2. The Morgan fingerprint density at radius 1 is 1.14 bits per heavy atom. The zero-order valence-corrected chi connectivity index (χ0v) is 11.1. The van der Waals surface area contributed by atoms with Gasteiger partial charge in [0.2, 0.25) is 0 Å². The van der Waals surface area contributed by atoms with Gasteiger partial charge < -0.3 is 14.6 Å². The first-order valence-electron chi connectivity index (χ1n) is 6.47.